The molecule has 0 saturated carbocycles. The number of rotatable bonds is 7. The lowest BCUT2D eigenvalue weighted by atomic mass is 9.96. The number of benzene rings is 2. The highest BCUT2D eigenvalue weighted by atomic mass is 16.5. The minimum absolute atomic E-state index is 0.0999. The number of amides is 1. The van der Waals surface area contributed by atoms with Crippen LogP contribution in [0.5, 0.6) is 23.0 Å². The number of ketones is 1. The van der Waals surface area contributed by atoms with E-state index < -0.39 is 23.5 Å². The fourth-order valence-corrected chi connectivity index (χ4v) is 4.49. The molecule has 1 unspecified atom stereocenters. The number of carbonyl (C=O) groups is 2. The van der Waals surface area contributed by atoms with E-state index in [1.807, 2.05) is 0 Å². The Morgan fingerprint density at radius 2 is 1.68 bits per heavy atom. The van der Waals surface area contributed by atoms with Gasteiger partial charge in [-0.3, -0.25) is 19.5 Å². The predicted octanol–water partition coefficient (Wildman–Crippen LogP) is 3.62. The second-order valence-corrected chi connectivity index (χ2v) is 8.31. The third-order valence-electron chi connectivity index (χ3n) is 6.31. The smallest absolute Gasteiger partial charge is 0.302 e. The lowest BCUT2D eigenvalue weighted by Gasteiger charge is -2.23. The van der Waals surface area contributed by atoms with Crippen molar-refractivity contribution in [2.24, 2.45) is 0 Å². The minimum atomic E-state index is -1.04. The van der Waals surface area contributed by atoms with E-state index in [0.29, 0.717) is 39.6 Å². The van der Waals surface area contributed by atoms with Crippen LogP contribution in [0.15, 0.2) is 60.4 Å². The fourth-order valence-electron chi connectivity index (χ4n) is 4.49. The molecule has 1 fully saturated rings. The lowest BCUT2D eigenvalue weighted by Crippen LogP contribution is -2.30. The molecule has 3 heterocycles. The zero-order valence-corrected chi connectivity index (χ0v) is 21.0. The number of nitrogens with zero attached hydrogens (tertiary/aromatic N) is 3. The molecular weight excluding hydrogens is 492 g/mol. The summed E-state index contributed by atoms with van der Waals surface area (Å²) in [4.78, 5) is 40.0. The van der Waals surface area contributed by atoms with E-state index in [4.69, 9.17) is 18.9 Å². The normalized spacial score (nSPS) is 16.6. The van der Waals surface area contributed by atoms with Gasteiger partial charge in [-0.2, -0.15) is 0 Å². The second-order valence-electron chi connectivity index (χ2n) is 8.31. The van der Waals surface area contributed by atoms with Gasteiger partial charge in [0, 0.05) is 24.5 Å². The molecule has 11 heteroatoms. The van der Waals surface area contributed by atoms with Crippen LogP contribution < -0.4 is 23.8 Å². The number of fused-ring (bicyclic) bond motifs is 1. The highest BCUT2D eigenvalue weighted by Gasteiger charge is 2.48. The summed E-state index contributed by atoms with van der Waals surface area (Å²) >= 11 is 0. The van der Waals surface area contributed by atoms with Gasteiger partial charge in [-0.05, 0) is 29.8 Å². The molecule has 5 rings (SSSR count). The zero-order valence-electron chi connectivity index (χ0n) is 21.0. The van der Waals surface area contributed by atoms with Gasteiger partial charge >= 0.3 is 5.91 Å². The van der Waals surface area contributed by atoms with Crippen LogP contribution in [0.3, 0.4) is 0 Å². The molecule has 0 radical (unpaired) electrons. The first kappa shape index (κ1) is 24.6. The van der Waals surface area contributed by atoms with Crippen molar-refractivity contribution < 1.29 is 33.6 Å². The number of aliphatic hydroxyl groups excluding tert-OH is 1. The predicted molar refractivity (Wildman–Crippen MR) is 138 cm³/mol. The van der Waals surface area contributed by atoms with Crippen molar-refractivity contribution in [1.82, 2.24) is 15.0 Å². The number of anilines is 1. The number of carbonyl (C=O) groups excluding carboxylic acids is 2. The van der Waals surface area contributed by atoms with Gasteiger partial charge in [-0.15, -0.1) is 0 Å². The van der Waals surface area contributed by atoms with E-state index in [0.717, 1.165) is 0 Å². The quantitative estimate of drug-likeness (QED) is 0.214. The fraction of sp³-hybridized carbons (Fsp3) is 0.185. The number of aromatic nitrogens is 3. The van der Waals surface area contributed by atoms with E-state index in [1.54, 1.807) is 42.6 Å². The largest absolute Gasteiger partial charge is 0.507 e. The number of aliphatic hydroxyl groups is 1. The Hall–Kier alpha value is -5.06. The molecule has 2 N–H and O–H groups in total. The maximum absolute atomic E-state index is 13.5. The monoisotopic (exact) mass is 516 g/mol. The van der Waals surface area contributed by atoms with E-state index in [1.165, 1.54) is 45.6 Å². The van der Waals surface area contributed by atoms with Crippen LogP contribution in [0.1, 0.15) is 17.2 Å². The van der Waals surface area contributed by atoms with E-state index in [2.05, 4.69) is 15.0 Å². The van der Waals surface area contributed by atoms with Crippen LogP contribution in [-0.2, 0) is 9.59 Å². The highest BCUT2D eigenvalue weighted by Crippen LogP contribution is 2.43. The Balaban J connectivity index is 1.73. The number of H-pyrrole nitrogens is 1. The standard InChI is InChI=1S/C27H24N4O7/c1-35-15-7-8-19(36-2)16(10-15)24(32)22-23(14-6-5-9-28-13-14)31(26(34)25(22)33)27-29-17-11-20(37-3)21(38-4)12-18(17)30-27/h5-13,23,32H,1-4H3,(H,29,30)/b24-22+. The molecule has 1 atom stereocenters. The van der Waals surface area contributed by atoms with Crippen molar-refractivity contribution in [3.63, 3.8) is 0 Å². The molecule has 0 aliphatic carbocycles. The Kier molecular flexibility index (Phi) is 6.33. The van der Waals surface area contributed by atoms with Gasteiger partial charge < -0.3 is 29.0 Å². The molecule has 2 aromatic heterocycles. The van der Waals surface area contributed by atoms with E-state index in [9.17, 15) is 14.7 Å². The molecule has 11 nitrogen and oxygen atoms in total. The summed E-state index contributed by atoms with van der Waals surface area (Å²) in [6.45, 7) is 0. The molecule has 1 aliphatic rings. The summed E-state index contributed by atoms with van der Waals surface area (Å²) in [6.07, 6.45) is 3.09. The minimum Gasteiger partial charge on any atom is -0.507 e. The van der Waals surface area contributed by atoms with Gasteiger partial charge in [0.1, 0.15) is 17.3 Å². The number of Topliss-reactive ketones (excluding diaryl/α,β-unsaturated/α-hetero) is 1. The third-order valence-corrected chi connectivity index (χ3v) is 6.31. The van der Waals surface area contributed by atoms with Crippen molar-refractivity contribution in [3.05, 3.63) is 71.6 Å². The summed E-state index contributed by atoms with van der Waals surface area (Å²) in [7, 11) is 5.93. The third kappa shape index (κ3) is 3.94. The van der Waals surface area contributed by atoms with Crippen molar-refractivity contribution in [3.8, 4) is 23.0 Å². The summed E-state index contributed by atoms with van der Waals surface area (Å²) in [6, 6.07) is 10.5. The zero-order chi connectivity index (χ0) is 27.0. The Labute approximate surface area is 217 Å². The van der Waals surface area contributed by atoms with Gasteiger partial charge in [0.25, 0.3) is 5.78 Å². The molecule has 194 valence electrons. The summed E-state index contributed by atoms with van der Waals surface area (Å²) in [5.74, 6) is -0.447. The molecule has 0 spiro atoms. The van der Waals surface area contributed by atoms with Crippen molar-refractivity contribution in [1.29, 1.82) is 0 Å². The van der Waals surface area contributed by atoms with Crippen LogP contribution in [0.2, 0.25) is 0 Å². The van der Waals surface area contributed by atoms with Crippen LogP contribution >= 0.6 is 0 Å². The van der Waals surface area contributed by atoms with Crippen LogP contribution in [0.4, 0.5) is 5.95 Å². The number of imidazole rings is 1. The first-order valence-corrected chi connectivity index (χ1v) is 11.5. The number of ether oxygens (including phenoxy) is 4. The summed E-state index contributed by atoms with van der Waals surface area (Å²) < 4.78 is 21.4. The molecule has 4 aromatic rings. The Morgan fingerprint density at radius 1 is 0.947 bits per heavy atom. The summed E-state index contributed by atoms with van der Waals surface area (Å²) in [5, 5.41) is 11.5. The highest BCUT2D eigenvalue weighted by molar-refractivity contribution is 6.51. The van der Waals surface area contributed by atoms with Gasteiger partial charge in [0.15, 0.2) is 11.5 Å². The van der Waals surface area contributed by atoms with E-state index in [-0.39, 0.29) is 17.1 Å². The molecule has 38 heavy (non-hydrogen) atoms. The molecule has 2 aromatic carbocycles. The van der Waals surface area contributed by atoms with Gasteiger partial charge in [0.2, 0.25) is 5.95 Å². The summed E-state index contributed by atoms with van der Waals surface area (Å²) in [5.41, 5.74) is 1.58. The van der Waals surface area contributed by atoms with Gasteiger partial charge in [-0.25, -0.2) is 4.98 Å². The number of methoxy groups -OCH3 is 4. The maximum Gasteiger partial charge on any atom is 0.302 e. The van der Waals surface area contributed by atoms with Crippen LogP contribution in [0.25, 0.3) is 16.8 Å². The van der Waals surface area contributed by atoms with Gasteiger partial charge in [0.05, 0.1) is 56.7 Å². The molecule has 0 bridgehead atoms. The van der Waals surface area contributed by atoms with Crippen molar-refractivity contribution in [2.75, 3.05) is 33.3 Å². The molecule has 1 saturated heterocycles. The number of nitrogens with one attached hydrogen (secondary N) is 1. The molecule has 1 aliphatic heterocycles. The number of pyridine rings is 1. The average molecular weight is 517 g/mol. The first-order chi connectivity index (χ1) is 18.4. The van der Waals surface area contributed by atoms with Crippen LogP contribution in [-0.4, -0.2) is 60.2 Å². The van der Waals surface area contributed by atoms with E-state index >= 15 is 0 Å². The first-order valence-electron chi connectivity index (χ1n) is 11.5. The maximum atomic E-state index is 13.5. The lowest BCUT2D eigenvalue weighted by molar-refractivity contribution is -0.132. The van der Waals surface area contributed by atoms with Crippen molar-refractivity contribution in [2.45, 2.75) is 6.04 Å². The second kappa shape index (κ2) is 9.77. The Morgan fingerprint density at radius 3 is 2.34 bits per heavy atom. The topological polar surface area (TPSA) is 136 Å². The van der Waals surface area contributed by atoms with Crippen LogP contribution in [0, 0.1) is 0 Å². The number of aromatic amines is 1. The van der Waals surface area contributed by atoms with Crippen molar-refractivity contribution >= 4 is 34.4 Å². The number of hydrogen-bond acceptors (Lipinski definition) is 9. The number of hydrogen-bond donors (Lipinski definition) is 2. The molecule has 1 amide bonds. The molecular formula is C27H24N4O7. The SMILES string of the molecule is COc1ccc(OC)c(/C(O)=C2\C(=O)C(=O)N(c3nc4cc(OC)c(OC)cc4[nH]3)C2c2cccnc2)c1. The van der Waals surface area contributed by atoms with Gasteiger partial charge in [-0.1, -0.05) is 6.07 Å². The Bertz CT molecular complexity index is 1540. The average Bonchev–Trinajstić information content (AvgIpc) is 3.48.